The minimum absolute atomic E-state index is 0.149. The van der Waals surface area contributed by atoms with Crippen LogP contribution in [0.2, 0.25) is 0 Å². The highest BCUT2D eigenvalue weighted by atomic mass is 19.1. The monoisotopic (exact) mass is 194 g/mol. The summed E-state index contributed by atoms with van der Waals surface area (Å²) in [6.07, 6.45) is 1.73. The number of nitrogens with zero attached hydrogens (tertiary/aromatic N) is 2. The van der Waals surface area contributed by atoms with Crippen molar-refractivity contribution in [3.05, 3.63) is 12.0 Å². The van der Waals surface area contributed by atoms with E-state index in [4.69, 9.17) is 5.73 Å². The molecule has 1 aromatic heterocycles. The summed E-state index contributed by atoms with van der Waals surface area (Å²) in [6, 6.07) is 0. The number of hydrogen-bond acceptors (Lipinski definition) is 4. The van der Waals surface area contributed by atoms with Crippen molar-refractivity contribution in [3.8, 4) is 11.8 Å². The molecule has 4 nitrogen and oxygen atoms in total. The highest BCUT2D eigenvalue weighted by Crippen LogP contribution is 2.06. The molecule has 0 aliphatic carbocycles. The molecule has 0 spiro atoms. The average Bonchev–Trinajstić information content (AvgIpc) is 2.18. The van der Waals surface area contributed by atoms with Crippen molar-refractivity contribution >= 4 is 11.8 Å². The van der Waals surface area contributed by atoms with Crippen molar-refractivity contribution in [1.82, 2.24) is 9.97 Å². The van der Waals surface area contributed by atoms with E-state index >= 15 is 0 Å². The Kier molecular flexibility index (Phi) is 3.68. The minimum atomic E-state index is -0.608. The van der Waals surface area contributed by atoms with Crippen molar-refractivity contribution < 1.29 is 4.39 Å². The van der Waals surface area contributed by atoms with Crippen LogP contribution in [-0.4, -0.2) is 16.5 Å². The molecule has 0 radical (unpaired) electrons. The number of anilines is 2. The molecule has 0 saturated heterocycles. The van der Waals surface area contributed by atoms with Gasteiger partial charge < -0.3 is 11.1 Å². The summed E-state index contributed by atoms with van der Waals surface area (Å²) < 4.78 is 12.6. The van der Waals surface area contributed by atoms with E-state index in [-0.39, 0.29) is 5.82 Å². The summed E-state index contributed by atoms with van der Waals surface area (Å²) >= 11 is 0. The number of aromatic nitrogens is 2. The lowest BCUT2D eigenvalue weighted by atomic mass is 10.4. The Hall–Kier alpha value is -1.83. The number of nitrogens with one attached hydrogen (secondary N) is 1. The summed E-state index contributed by atoms with van der Waals surface area (Å²) in [5.41, 5.74) is 5.26. The van der Waals surface area contributed by atoms with Crippen LogP contribution in [0.5, 0.6) is 0 Å². The van der Waals surface area contributed by atoms with E-state index in [1.165, 1.54) is 0 Å². The normalized spacial score (nSPS) is 9.00. The van der Waals surface area contributed by atoms with E-state index < -0.39 is 5.82 Å². The molecular formula is C9H11FN4. The van der Waals surface area contributed by atoms with E-state index in [0.29, 0.717) is 18.9 Å². The summed E-state index contributed by atoms with van der Waals surface area (Å²) in [6.45, 7) is 2.39. The van der Waals surface area contributed by atoms with Crippen LogP contribution in [0.25, 0.3) is 0 Å². The molecule has 1 rings (SSSR count). The largest absolute Gasteiger partial charge is 0.381 e. The molecule has 0 fully saturated rings. The zero-order chi connectivity index (χ0) is 10.4. The maximum absolute atomic E-state index is 12.6. The van der Waals surface area contributed by atoms with Gasteiger partial charge in [0.2, 0.25) is 5.95 Å². The lowest BCUT2D eigenvalue weighted by Crippen LogP contribution is -2.07. The van der Waals surface area contributed by atoms with Gasteiger partial charge in [-0.2, -0.15) is 4.98 Å². The van der Waals surface area contributed by atoms with Gasteiger partial charge in [-0.05, 0) is 6.92 Å². The highest BCUT2D eigenvalue weighted by molar-refractivity contribution is 5.36. The predicted octanol–water partition coefficient (Wildman–Crippen LogP) is 1.02. The summed E-state index contributed by atoms with van der Waals surface area (Å²) in [5.74, 6) is 5.19. The Labute approximate surface area is 81.7 Å². The van der Waals surface area contributed by atoms with Crippen LogP contribution in [0.4, 0.5) is 16.2 Å². The Morgan fingerprint density at radius 2 is 2.43 bits per heavy atom. The number of hydrogen-bond donors (Lipinski definition) is 2. The summed E-state index contributed by atoms with van der Waals surface area (Å²) in [7, 11) is 0. The Balaban J connectivity index is 2.50. The van der Waals surface area contributed by atoms with E-state index in [9.17, 15) is 4.39 Å². The maximum atomic E-state index is 12.6. The molecule has 0 bridgehead atoms. The summed E-state index contributed by atoms with van der Waals surface area (Å²) in [4.78, 5) is 7.41. The summed E-state index contributed by atoms with van der Waals surface area (Å²) in [5, 5.41) is 2.88. The van der Waals surface area contributed by atoms with E-state index in [2.05, 4.69) is 27.1 Å². The second-order valence-corrected chi connectivity index (χ2v) is 2.53. The van der Waals surface area contributed by atoms with Gasteiger partial charge in [0.1, 0.15) is 0 Å². The van der Waals surface area contributed by atoms with E-state index in [0.717, 1.165) is 6.20 Å². The lowest BCUT2D eigenvalue weighted by molar-refractivity contribution is 0.620. The third-order valence-corrected chi connectivity index (χ3v) is 1.48. The van der Waals surface area contributed by atoms with Gasteiger partial charge in [-0.1, -0.05) is 0 Å². The smallest absolute Gasteiger partial charge is 0.224 e. The first-order valence-corrected chi connectivity index (χ1v) is 4.15. The molecule has 3 N–H and O–H groups in total. The van der Waals surface area contributed by atoms with Crippen LogP contribution in [0, 0.1) is 17.7 Å². The predicted molar refractivity (Wildman–Crippen MR) is 53.0 cm³/mol. The fraction of sp³-hybridized carbons (Fsp3) is 0.333. The van der Waals surface area contributed by atoms with Crippen LogP contribution in [0.15, 0.2) is 6.20 Å². The Morgan fingerprint density at radius 3 is 3.07 bits per heavy atom. The van der Waals surface area contributed by atoms with Crippen LogP contribution in [0.3, 0.4) is 0 Å². The second-order valence-electron chi connectivity index (χ2n) is 2.53. The van der Waals surface area contributed by atoms with Gasteiger partial charge >= 0.3 is 0 Å². The number of rotatable bonds is 3. The molecule has 0 unspecified atom stereocenters. The van der Waals surface area contributed by atoms with Gasteiger partial charge in [0.25, 0.3) is 0 Å². The van der Waals surface area contributed by atoms with Gasteiger partial charge in [-0.25, -0.2) is 9.37 Å². The van der Waals surface area contributed by atoms with Crippen molar-refractivity contribution in [1.29, 1.82) is 0 Å². The van der Waals surface area contributed by atoms with Gasteiger partial charge in [0.15, 0.2) is 11.6 Å². The first kappa shape index (κ1) is 10.3. The van der Waals surface area contributed by atoms with Crippen LogP contribution in [0.1, 0.15) is 13.3 Å². The molecular weight excluding hydrogens is 183 g/mol. The zero-order valence-electron chi connectivity index (χ0n) is 7.84. The van der Waals surface area contributed by atoms with Gasteiger partial charge in [-0.3, -0.25) is 0 Å². The lowest BCUT2D eigenvalue weighted by Gasteiger charge is -2.02. The topological polar surface area (TPSA) is 63.8 Å². The van der Waals surface area contributed by atoms with Crippen molar-refractivity contribution in [2.24, 2.45) is 0 Å². The number of nitrogens with two attached hydrogens (primary N) is 1. The molecule has 0 saturated carbocycles. The second kappa shape index (κ2) is 5.02. The Bertz CT molecular complexity index is 367. The average molecular weight is 194 g/mol. The quantitative estimate of drug-likeness (QED) is 0.557. The first-order valence-electron chi connectivity index (χ1n) is 4.15. The molecule has 0 aliphatic rings. The first-order chi connectivity index (χ1) is 6.74. The molecule has 5 heteroatoms. The molecule has 1 heterocycles. The van der Waals surface area contributed by atoms with Gasteiger partial charge in [0, 0.05) is 13.0 Å². The van der Waals surface area contributed by atoms with Crippen molar-refractivity contribution in [3.63, 3.8) is 0 Å². The zero-order valence-corrected chi connectivity index (χ0v) is 7.84. The number of nitrogen functional groups attached to an aromatic ring is 1. The maximum Gasteiger partial charge on any atom is 0.224 e. The fourth-order valence-corrected chi connectivity index (χ4v) is 0.827. The standard InChI is InChI=1S/C9H11FN4/c1-2-3-4-5-12-9-13-6-7(10)8(11)14-9/h6H,4-5H2,1H3,(H3,11,12,13,14). The van der Waals surface area contributed by atoms with Gasteiger partial charge in [-0.15, -0.1) is 11.8 Å². The molecule has 1 aromatic rings. The van der Waals surface area contributed by atoms with Crippen LogP contribution >= 0.6 is 0 Å². The van der Waals surface area contributed by atoms with E-state index in [1.54, 1.807) is 6.92 Å². The Morgan fingerprint density at radius 1 is 1.64 bits per heavy atom. The minimum Gasteiger partial charge on any atom is -0.381 e. The third kappa shape index (κ3) is 2.90. The van der Waals surface area contributed by atoms with Crippen molar-refractivity contribution in [2.75, 3.05) is 17.6 Å². The molecule has 0 amide bonds. The van der Waals surface area contributed by atoms with Gasteiger partial charge in [0.05, 0.1) is 6.20 Å². The third-order valence-electron chi connectivity index (χ3n) is 1.48. The van der Waals surface area contributed by atoms with Crippen LogP contribution in [-0.2, 0) is 0 Å². The number of halogens is 1. The fourth-order valence-electron chi connectivity index (χ4n) is 0.827. The SMILES string of the molecule is CC#CCCNc1ncc(F)c(N)n1. The molecule has 0 aliphatic heterocycles. The van der Waals surface area contributed by atoms with E-state index in [1.807, 2.05) is 0 Å². The van der Waals surface area contributed by atoms with Crippen LogP contribution < -0.4 is 11.1 Å². The molecule has 0 atom stereocenters. The molecule has 0 aromatic carbocycles. The van der Waals surface area contributed by atoms with Crippen molar-refractivity contribution in [2.45, 2.75) is 13.3 Å². The molecule has 74 valence electrons. The highest BCUT2D eigenvalue weighted by Gasteiger charge is 2.01. The molecule has 14 heavy (non-hydrogen) atoms.